The van der Waals surface area contributed by atoms with Gasteiger partial charge < -0.3 is 14.9 Å². The molecule has 0 unspecified atom stereocenters. The van der Waals surface area contributed by atoms with Gasteiger partial charge in [0.1, 0.15) is 12.3 Å². The fraction of sp³-hybridized carbons (Fsp3) is 0.429. The van der Waals surface area contributed by atoms with Crippen LogP contribution in [0.5, 0.6) is 0 Å². The molecule has 0 spiro atoms. The number of aromatic nitrogens is 2. The van der Waals surface area contributed by atoms with Crippen LogP contribution >= 0.6 is 0 Å². The van der Waals surface area contributed by atoms with Crippen molar-refractivity contribution in [1.29, 1.82) is 0 Å². The van der Waals surface area contributed by atoms with E-state index in [1.165, 1.54) is 5.56 Å². The largest absolute Gasteiger partial charge is 0.480 e. The zero-order chi connectivity index (χ0) is 23.9. The van der Waals surface area contributed by atoms with Gasteiger partial charge in [-0.2, -0.15) is 5.10 Å². The molecule has 1 aliphatic rings. The third kappa shape index (κ3) is 5.93. The molecule has 0 saturated heterocycles. The number of hydrogen-bond donors (Lipinski definition) is 2. The smallest absolute Gasteiger partial charge is 0.329 e. The Labute approximate surface area is 201 Å². The van der Waals surface area contributed by atoms with Crippen LogP contribution in [0.3, 0.4) is 0 Å². The maximum atomic E-state index is 10.7. The number of benzene rings is 2. The lowest BCUT2D eigenvalue weighted by atomic mass is 9.82. The van der Waals surface area contributed by atoms with Crippen LogP contribution in [0.2, 0.25) is 0 Å². The van der Waals surface area contributed by atoms with Gasteiger partial charge in [-0.25, -0.2) is 4.79 Å². The summed E-state index contributed by atoms with van der Waals surface area (Å²) in [6.45, 7) is 3.28. The molecule has 2 aromatic carbocycles. The first-order valence-corrected chi connectivity index (χ1v) is 12.2. The number of rotatable bonds is 10. The number of aliphatic hydroxyl groups is 1. The molecule has 1 aliphatic carbocycles. The van der Waals surface area contributed by atoms with E-state index in [-0.39, 0.29) is 13.2 Å². The number of nitrogens with zero attached hydrogens (tertiary/aromatic N) is 2. The van der Waals surface area contributed by atoms with Gasteiger partial charge in [0.25, 0.3) is 0 Å². The molecular formula is C28H34N2O4. The molecule has 4 rings (SSSR count). The average molecular weight is 463 g/mol. The van der Waals surface area contributed by atoms with Gasteiger partial charge >= 0.3 is 5.97 Å². The van der Waals surface area contributed by atoms with Crippen molar-refractivity contribution >= 4 is 5.97 Å². The Morgan fingerprint density at radius 1 is 1.00 bits per heavy atom. The van der Waals surface area contributed by atoms with Crippen molar-refractivity contribution in [3.63, 3.8) is 0 Å². The molecule has 0 bridgehead atoms. The lowest BCUT2D eigenvalue weighted by Gasteiger charge is -2.28. The third-order valence-corrected chi connectivity index (χ3v) is 6.77. The van der Waals surface area contributed by atoms with E-state index in [0.29, 0.717) is 24.9 Å². The van der Waals surface area contributed by atoms with E-state index in [2.05, 4.69) is 48.0 Å². The van der Waals surface area contributed by atoms with Gasteiger partial charge in [-0.3, -0.25) is 4.68 Å². The van der Waals surface area contributed by atoms with Gasteiger partial charge in [0, 0.05) is 36.4 Å². The highest BCUT2D eigenvalue weighted by Crippen LogP contribution is 2.37. The molecule has 0 atom stereocenters. The van der Waals surface area contributed by atoms with Crippen LogP contribution in [-0.4, -0.2) is 45.8 Å². The first kappa shape index (κ1) is 24.2. The van der Waals surface area contributed by atoms with E-state index < -0.39 is 5.97 Å². The van der Waals surface area contributed by atoms with Crippen molar-refractivity contribution in [2.24, 2.45) is 11.8 Å². The Kier molecular flexibility index (Phi) is 8.14. The molecule has 1 fully saturated rings. The van der Waals surface area contributed by atoms with Crippen molar-refractivity contribution in [3.05, 3.63) is 65.9 Å². The SMILES string of the molecule is Cc1ccc(-c2nn(C[C@H]3CC[C@H](COCC(=O)O)CC3)c(CCO)c2-c2ccccc2)cc1. The van der Waals surface area contributed by atoms with Gasteiger partial charge in [0.05, 0.1) is 6.61 Å². The molecule has 0 aliphatic heterocycles. The second kappa shape index (κ2) is 11.4. The Morgan fingerprint density at radius 3 is 2.32 bits per heavy atom. The number of aliphatic hydroxyl groups excluding tert-OH is 1. The third-order valence-electron chi connectivity index (χ3n) is 6.77. The summed E-state index contributed by atoms with van der Waals surface area (Å²) >= 11 is 0. The first-order valence-electron chi connectivity index (χ1n) is 12.2. The standard InChI is InChI=1S/C28H34N2O4/c1-20-7-13-24(14-8-20)28-27(23-5-3-2-4-6-23)25(15-16-31)30(29-28)17-21-9-11-22(12-10-21)18-34-19-26(32)33/h2-8,13-14,21-22,31H,9-12,15-19H2,1H3,(H,32,33)/t21-,22-. The molecule has 1 saturated carbocycles. The molecule has 0 amide bonds. The lowest BCUT2D eigenvalue weighted by molar-refractivity contribution is -0.142. The van der Waals surface area contributed by atoms with Crippen molar-refractivity contribution in [3.8, 4) is 22.4 Å². The molecule has 1 aromatic heterocycles. The number of carboxylic acids is 1. The Bertz CT molecular complexity index is 1070. The first-order chi connectivity index (χ1) is 16.5. The quantitative estimate of drug-likeness (QED) is 0.444. The van der Waals surface area contributed by atoms with Gasteiger partial charge in [-0.15, -0.1) is 0 Å². The van der Waals surface area contributed by atoms with Crippen molar-refractivity contribution in [1.82, 2.24) is 9.78 Å². The number of carboxylic acid groups (broad SMARTS) is 1. The van der Waals surface area contributed by atoms with E-state index in [0.717, 1.165) is 60.3 Å². The summed E-state index contributed by atoms with van der Waals surface area (Å²) in [4.78, 5) is 10.7. The van der Waals surface area contributed by atoms with Gasteiger partial charge in [0.15, 0.2) is 0 Å². The second-order valence-corrected chi connectivity index (χ2v) is 9.35. The summed E-state index contributed by atoms with van der Waals surface area (Å²) < 4.78 is 7.44. The number of hydrogen-bond acceptors (Lipinski definition) is 4. The zero-order valence-corrected chi connectivity index (χ0v) is 19.8. The number of aryl methyl sites for hydroxylation is 1. The van der Waals surface area contributed by atoms with Crippen molar-refractivity contribution in [2.45, 2.75) is 45.6 Å². The fourth-order valence-electron chi connectivity index (χ4n) is 4.97. The summed E-state index contributed by atoms with van der Waals surface area (Å²) in [5.74, 6) is 0.0121. The maximum absolute atomic E-state index is 10.7. The molecule has 6 nitrogen and oxygen atoms in total. The number of aliphatic carboxylic acids is 1. The van der Waals surface area contributed by atoms with Crippen molar-refractivity contribution < 1.29 is 19.7 Å². The van der Waals surface area contributed by atoms with Crippen LogP contribution in [0.1, 0.15) is 36.9 Å². The molecule has 0 radical (unpaired) electrons. The number of carbonyl (C=O) groups is 1. The molecule has 2 N–H and O–H groups in total. The Morgan fingerprint density at radius 2 is 1.68 bits per heavy atom. The molecule has 1 heterocycles. The highest BCUT2D eigenvalue weighted by molar-refractivity contribution is 5.83. The summed E-state index contributed by atoms with van der Waals surface area (Å²) in [5.41, 5.74) is 6.56. The topological polar surface area (TPSA) is 84.6 Å². The minimum Gasteiger partial charge on any atom is -0.480 e. The van der Waals surface area contributed by atoms with E-state index in [1.807, 2.05) is 18.2 Å². The minimum absolute atomic E-state index is 0.0759. The predicted octanol–water partition coefficient (Wildman–Crippen LogP) is 4.97. The van der Waals surface area contributed by atoms with Gasteiger partial charge in [-0.1, -0.05) is 60.2 Å². The van der Waals surface area contributed by atoms with Gasteiger partial charge in [0.2, 0.25) is 0 Å². The Balaban J connectivity index is 1.58. The molecule has 180 valence electrons. The predicted molar refractivity (Wildman–Crippen MR) is 133 cm³/mol. The normalized spacial score (nSPS) is 18.2. The molecule has 6 heteroatoms. The van der Waals surface area contributed by atoms with E-state index in [9.17, 15) is 9.90 Å². The van der Waals surface area contributed by atoms with Crippen LogP contribution in [0.25, 0.3) is 22.4 Å². The van der Waals surface area contributed by atoms with E-state index >= 15 is 0 Å². The number of ether oxygens (including phenoxy) is 1. The Hall–Kier alpha value is -2.96. The van der Waals surface area contributed by atoms with Crippen LogP contribution in [0.15, 0.2) is 54.6 Å². The second-order valence-electron chi connectivity index (χ2n) is 9.35. The lowest BCUT2D eigenvalue weighted by Crippen LogP contribution is -2.24. The monoisotopic (exact) mass is 462 g/mol. The highest BCUT2D eigenvalue weighted by Gasteiger charge is 2.25. The van der Waals surface area contributed by atoms with E-state index in [4.69, 9.17) is 14.9 Å². The maximum Gasteiger partial charge on any atom is 0.329 e. The van der Waals surface area contributed by atoms with Crippen LogP contribution in [0.4, 0.5) is 0 Å². The molecular weight excluding hydrogens is 428 g/mol. The van der Waals surface area contributed by atoms with Crippen LogP contribution in [-0.2, 0) is 22.5 Å². The van der Waals surface area contributed by atoms with Crippen LogP contribution < -0.4 is 0 Å². The average Bonchev–Trinajstić information content (AvgIpc) is 3.19. The summed E-state index contributed by atoms with van der Waals surface area (Å²) in [6, 6.07) is 18.8. The summed E-state index contributed by atoms with van der Waals surface area (Å²) in [6.07, 6.45) is 4.77. The van der Waals surface area contributed by atoms with Gasteiger partial charge in [-0.05, 0) is 50.0 Å². The highest BCUT2D eigenvalue weighted by atomic mass is 16.5. The fourth-order valence-corrected chi connectivity index (χ4v) is 4.97. The molecule has 34 heavy (non-hydrogen) atoms. The zero-order valence-electron chi connectivity index (χ0n) is 19.8. The summed E-state index contributed by atoms with van der Waals surface area (Å²) in [7, 11) is 0. The van der Waals surface area contributed by atoms with Crippen molar-refractivity contribution in [2.75, 3.05) is 19.8 Å². The van der Waals surface area contributed by atoms with Crippen LogP contribution in [0, 0.1) is 18.8 Å². The minimum atomic E-state index is -0.914. The summed E-state index contributed by atoms with van der Waals surface area (Å²) in [5, 5.41) is 23.8. The van der Waals surface area contributed by atoms with E-state index in [1.54, 1.807) is 0 Å². The molecule has 3 aromatic rings.